The maximum absolute atomic E-state index is 8.08. The second kappa shape index (κ2) is 16.9. The van der Waals surface area contributed by atoms with Gasteiger partial charge in [-0.3, -0.25) is 0 Å². The Hall–Kier alpha value is -4.19. The standard InChI is InChI=1S/C53H53GeN3O2.Pt/c1-36-27-29-55-48(31-36)47-34-42(33-46-45-22-12-14-24-51(45)59-53(46)47)58-41-25-26-44-43-21-11-13-23-49(43)57(50(44)35-41)52-32-40(28-30-56-52)54(37-15-5-2-6-16-37,38-17-7-3-8-18-38)39-19-9-4-10-20-39;/h11-14,21-33,37-39H,2-10,15-20H2,1H3;/q-2;+2/i1D3;. The SMILES string of the molecule is [2H]C([2H])([2H])c1ccnc(-c2[c-]c(Oc3[c-]c4c(cc3)c3ccccc3n4-c3c[c]([Ge]([CH]4CCCCC4)([CH]4CCCCC4)[CH]4CCCCC4)ccn3)cc3c2oc2ccccc23)c1.[Pt+2]. The van der Waals surface area contributed by atoms with Crippen LogP contribution in [0.1, 0.15) is 106 Å². The van der Waals surface area contributed by atoms with Crippen molar-refractivity contribution in [3.8, 4) is 28.6 Å². The Labute approximate surface area is 375 Å². The van der Waals surface area contributed by atoms with Crippen molar-refractivity contribution < 1.29 is 34.3 Å². The Morgan fingerprint density at radius 2 is 1.32 bits per heavy atom. The molecule has 5 nitrogen and oxygen atoms in total. The number of hydrogen-bond donors (Lipinski definition) is 0. The molecule has 3 aliphatic carbocycles. The van der Waals surface area contributed by atoms with Crippen molar-refractivity contribution in [3.63, 3.8) is 0 Å². The Morgan fingerprint density at radius 3 is 2.03 bits per heavy atom. The maximum atomic E-state index is 8.08. The number of hydrogen-bond acceptors (Lipinski definition) is 4. The predicted octanol–water partition coefficient (Wildman–Crippen LogP) is 14.5. The fourth-order valence-electron chi connectivity index (χ4n) is 12.1. The molecule has 60 heavy (non-hydrogen) atoms. The van der Waals surface area contributed by atoms with Crippen LogP contribution >= 0.6 is 0 Å². The zero-order chi connectivity index (χ0) is 41.8. The van der Waals surface area contributed by atoms with E-state index in [4.69, 9.17) is 18.3 Å². The van der Waals surface area contributed by atoms with Crippen LogP contribution in [0.15, 0.2) is 108 Å². The van der Waals surface area contributed by atoms with Gasteiger partial charge >= 0.3 is 303 Å². The molecule has 8 aromatic rings. The molecule has 3 saturated carbocycles. The van der Waals surface area contributed by atoms with Crippen molar-refractivity contribution >= 4 is 61.4 Å². The summed E-state index contributed by atoms with van der Waals surface area (Å²) in [6.45, 7) is -2.29. The number of fused-ring (bicyclic) bond motifs is 6. The average molecular weight is 1030 g/mol. The van der Waals surface area contributed by atoms with E-state index in [-0.39, 0.29) is 26.6 Å². The van der Waals surface area contributed by atoms with E-state index in [0.29, 0.717) is 28.3 Å². The summed E-state index contributed by atoms with van der Waals surface area (Å²) in [4.78, 5) is 9.84. The van der Waals surface area contributed by atoms with Crippen LogP contribution in [0.4, 0.5) is 0 Å². The predicted molar refractivity (Wildman–Crippen MR) is 244 cm³/mol. The minimum absolute atomic E-state index is 0. The number of benzene rings is 4. The van der Waals surface area contributed by atoms with Gasteiger partial charge in [0.15, 0.2) is 0 Å². The van der Waals surface area contributed by atoms with Gasteiger partial charge in [0.2, 0.25) is 0 Å². The Bertz CT molecular complexity index is 2880. The summed E-state index contributed by atoms with van der Waals surface area (Å²) in [5, 5.41) is 4.03. The normalized spacial score (nSPS) is 18.4. The molecule has 0 atom stereocenters. The van der Waals surface area contributed by atoms with Crippen molar-refractivity contribution in [2.45, 2.75) is 117 Å². The average Bonchev–Trinajstić information content (AvgIpc) is 3.85. The number of nitrogens with zero attached hydrogens (tertiary/aromatic N) is 3. The van der Waals surface area contributed by atoms with Crippen molar-refractivity contribution in [3.05, 3.63) is 121 Å². The van der Waals surface area contributed by atoms with E-state index >= 15 is 0 Å². The Kier molecular flexibility index (Phi) is 10.3. The molecule has 0 bridgehead atoms. The van der Waals surface area contributed by atoms with Gasteiger partial charge in [-0.1, -0.05) is 29.8 Å². The van der Waals surface area contributed by atoms with Gasteiger partial charge < -0.3 is 9.40 Å². The molecule has 11 rings (SSSR count). The van der Waals surface area contributed by atoms with E-state index in [2.05, 4.69) is 70.3 Å². The van der Waals surface area contributed by atoms with Crippen LogP contribution in [-0.2, 0) is 21.1 Å². The van der Waals surface area contributed by atoms with Crippen LogP contribution < -0.4 is 9.13 Å². The molecule has 0 saturated heterocycles. The number of pyridine rings is 2. The molecule has 0 spiro atoms. The fraction of sp³-hybridized carbons (Fsp3) is 0.358. The number of ether oxygens (including phenoxy) is 1. The van der Waals surface area contributed by atoms with Crippen LogP contribution in [-0.4, -0.2) is 27.8 Å². The molecule has 0 amide bonds. The zero-order valence-corrected chi connectivity index (χ0v) is 38.5. The van der Waals surface area contributed by atoms with Gasteiger partial charge in [-0.2, -0.15) is 0 Å². The van der Waals surface area contributed by atoms with E-state index in [1.54, 1.807) is 10.5 Å². The molecule has 0 N–H and O–H groups in total. The molecule has 4 heterocycles. The van der Waals surface area contributed by atoms with Crippen LogP contribution in [0.25, 0.3) is 60.8 Å². The molecule has 306 valence electrons. The second-order valence-electron chi connectivity index (χ2n) is 17.7. The molecular formula is C53H53GeN3O2Pt. The van der Waals surface area contributed by atoms with Gasteiger partial charge in [-0.15, -0.1) is 0 Å². The number of para-hydroxylation sites is 2. The zero-order valence-electron chi connectivity index (χ0n) is 37.1. The van der Waals surface area contributed by atoms with E-state index in [0.717, 1.165) is 58.2 Å². The first-order valence-corrected chi connectivity index (χ1v) is 27.0. The third-order valence-corrected chi connectivity index (χ3v) is 29.4. The summed E-state index contributed by atoms with van der Waals surface area (Å²) in [5.41, 5.74) is 4.54. The fourth-order valence-corrected chi connectivity index (χ4v) is 29.4. The van der Waals surface area contributed by atoms with Crippen molar-refractivity contribution in [2.24, 2.45) is 0 Å². The van der Waals surface area contributed by atoms with E-state index in [1.807, 2.05) is 36.4 Å². The van der Waals surface area contributed by atoms with Gasteiger partial charge in [0, 0.05) is 10.3 Å². The monoisotopic (exact) mass is 1040 g/mol. The first kappa shape index (κ1) is 36.5. The molecule has 0 unspecified atom stereocenters. The topological polar surface area (TPSA) is 53.1 Å². The summed E-state index contributed by atoms with van der Waals surface area (Å²) >= 11 is -2.80. The van der Waals surface area contributed by atoms with Gasteiger partial charge in [-0.25, -0.2) is 0 Å². The smallest absolute Gasteiger partial charge is 0.501 e. The summed E-state index contributed by atoms with van der Waals surface area (Å²) in [6.07, 6.45) is 24.8. The Morgan fingerprint density at radius 1 is 0.650 bits per heavy atom. The van der Waals surface area contributed by atoms with Crippen molar-refractivity contribution in [2.75, 3.05) is 0 Å². The van der Waals surface area contributed by atoms with Gasteiger partial charge in [0.1, 0.15) is 5.58 Å². The van der Waals surface area contributed by atoms with E-state index in [9.17, 15) is 0 Å². The number of furan rings is 1. The number of rotatable bonds is 8. The molecule has 4 aromatic carbocycles. The quantitative estimate of drug-likeness (QED) is 0.112. The van der Waals surface area contributed by atoms with Crippen LogP contribution in [0.5, 0.6) is 11.5 Å². The van der Waals surface area contributed by atoms with Gasteiger partial charge in [-0.05, 0) is 19.0 Å². The van der Waals surface area contributed by atoms with Crippen LogP contribution in [0.3, 0.4) is 0 Å². The molecule has 4 aromatic heterocycles. The summed E-state index contributed by atoms with van der Waals surface area (Å²) in [6, 6.07) is 38.0. The third kappa shape index (κ3) is 6.96. The molecule has 0 aliphatic heterocycles. The number of aryl methyl sites for hydroxylation is 1. The molecular weight excluding hydrogens is 978 g/mol. The van der Waals surface area contributed by atoms with Gasteiger partial charge in [0.05, 0.1) is 0 Å². The first-order valence-electron chi connectivity index (χ1n) is 23.8. The van der Waals surface area contributed by atoms with Crippen molar-refractivity contribution in [1.82, 2.24) is 14.5 Å². The minimum Gasteiger partial charge on any atom is -0.501 e. The molecule has 0 radical (unpaired) electrons. The molecule has 7 heteroatoms. The Balaban J connectivity index is 0.00000471. The van der Waals surface area contributed by atoms with E-state index in [1.165, 1.54) is 109 Å². The van der Waals surface area contributed by atoms with E-state index < -0.39 is 20.1 Å². The minimum atomic E-state index is -2.80. The molecule has 3 aliphatic rings. The third-order valence-electron chi connectivity index (χ3n) is 14.5. The van der Waals surface area contributed by atoms with Gasteiger partial charge in [0.25, 0.3) is 0 Å². The number of aromatic nitrogens is 3. The summed E-state index contributed by atoms with van der Waals surface area (Å²) < 4.78 is 44.1. The van der Waals surface area contributed by atoms with Crippen LogP contribution in [0, 0.1) is 19.0 Å². The molecule has 3 fully saturated rings. The first-order chi connectivity index (χ1) is 30.4. The van der Waals surface area contributed by atoms with Crippen molar-refractivity contribution in [1.29, 1.82) is 0 Å². The summed E-state index contributed by atoms with van der Waals surface area (Å²) in [5.74, 6) is 2.00. The summed E-state index contributed by atoms with van der Waals surface area (Å²) in [7, 11) is 0. The van der Waals surface area contributed by atoms with Crippen LogP contribution in [0.2, 0.25) is 14.3 Å². The second-order valence-corrected chi connectivity index (χ2v) is 27.9.